The fourth-order valence-corrected chi connectivity index (χ4v) is 7.66. The lowest BCUT2D eigenvalue weighted by atomic mass is 9.94. The molecule has 258 valence electrons. The lowest BCUT2D eigenvalue weighted by Gasteiger charge is -2.35. The molecule has 7 nitrogen and oxygen atoms in total. The predicted molar refractivity (Wildman–Crippen MR) is 186 cm³/mol. The molecule has 0 bridgehead atoms. The van der Waals surface area contributed by atoms with E-state index in [4.69, 9.17) is 0 Å². The number of benzene rings is 4. The highest BCUT2D eigenvalue weighted by Crippen LogP contribution is 2.33. The third-order valence-electron chi connectivity index (χ3n) is 8.56. The van der Waals surface area contributed by atoms with Crippen molar-refractivity contribution < 1.29 is 31.2 Å². The molecule has 4 aromatic rings. The Bertz CT molecular complexity index is 1820. The molecule has 0 radical (unpaired) electrons. The molecule has 2 amide bonds. The maximum atomic E-state index is 14.6. The molecule has 0 saturated heterocycles. The van der Waals surface area contributed by atoms with E-state index >= 15 is 0 Å². The second kappa shape index (κ2) is 16.0. The highest BCUT2D eigenvalue weighted by Gasteiger charge is 2.37. The van der Waals surface area contributed by atoms with E-state index in [-0.39, 0.29) is 35.5 Å². The van der Waals surface area contributed by atoms with E-state index in [9.17, 15) is 31.2 Å². The van der Waals surface area contributed by atoms with E-state index in [2.05, 4.69) is 21.2 Å². The molecule has 0 unspecified atom stereocenters. The van der Waals surface area contributed by atoms with Gasteiger partial charge in [-0.25, -0.2) is 8.42 Å². The van der Waals surface area contributed by atoms with E-state index in [1.807, 2.05) is 30.3 Å². The number of sulfonamides is 1. The highest BCUT2D eigenvalue weighted by atomic mass is 79.9. The molecule has 1 saturated carbocycles. The van der Waals surface area contributed by atoms with Crippen molar-refractivity contribution in [1.82, 2.24) is 10.2 Å². The molecule has 0 heterocycles. The number of rotatable bonds is 12. The molecule has 49 heavy (non-hydrogen) atoms. The smallest absolute Gasteiger partial charge is 0.352 e. The molecular formula is C37H37BrF3N3O4S. The molecule has 0 spiro atoms. The van der Waals surface area contributed by atoms with Crippen LogP contribution in [0.25, 0.3) is 0 Å². The Kier molecular flexibility index (Phi) is 11.8. The summed E-state index contributed by atoms with van der Waals surface area (Å²) >= 11 is 3.42. The topological polar surface area (TPSA) is 86.8 Å². The van der Waals surface area contributed by atoms with E-state index in [0.717, 1.165) is 54.3 Å². The van der Waals surface area contributed by atoms with Gasteiger partial charge >= 0.3 is 6.18 Å². The number of anilines is 1. The van der Waals surface area contributed by atoms with E-state index < -0.39 is 40.3 Å². The van der Waals surface area contributed by atoms with Crippen molar-refractivity contribution in [1.29, 1.82) is 0 Å². The maximum Gasteiger partial charge on any atom is 0.416 e. The number of amides is 2. The number of hydrogen-bond donors (Lipinski definition) is 1. The summed E-state index contributed by atoms with van der Waals surface area (Å²) < 4.78 is 71.1. The van der Waals surface area contributed by atoms with Crippen molar-refractivity contribution in [3.63, 3.8) is 0 Å². The molecular weight excluding hydrogens is 719 g/mol. The van der Waals surface area contributed by atoms with Crippen LogP contribution in [0, 0.1) is 0 Å². The van der Waals surface area contributed by atoms with Gasteiger partial charge < -0.3 is 10.2 Å². The van der Waals surface area contributed by atoms with Crippen molar-refractivity contribution in [2.75, 3.05) is 10.8 Å². The normalized spacial score (nSPS) is 14.5. The molecule has 1 aliphatic rings. The van der Waals surface area contributed by atoms with Gasteiger partial charge in [0.1, 0.15) is 12.6 Å². The number of nitrogens with one attached hydrogen (secondary N) is 1. The van der Waals surface area contributed by atoms with Crippen LogP contribution < -0.4 is 9.62 Å². The van der Waals surface area contributed by atoms with Gasteiger partial charge in [0.15, 0.2) is 0 Å². The maximum absolute atomic E-state index is 14.6. The highest BCUT2D eigenvalue weighted by molar-refractivity contribution is 9.10. The molecule has 1 atom stereocenters. The standard InChI is InChI=1S/C37H37BrF3N3O4S/c38-30-21-19-28(20-22-30)25-43(34(23-27-11-4-1-5-12-27)36(46)42-31-14-6-2-7-15-31)35(45)26-44(49(47,48)33-17-8-3-9-18-33)32-16-10-13-29(24-32)37(39,40)41/h1,3-5,8-13,16-22,24,31,34H,2,6-7,14-15,23,25-26H2,(H,42,46)/t34-/m0/s1. The van der Waals surface area contributed by atoms with Crippen molar-refractivity contribution in [2.45, 2.75) is 68.2 Å². The van der Waals surface area contributed by atoms with Gasteiger partial charge in [-0.05, 0) is 66.4 Å². The largest absolute Gasteiger partial charge is 0.416 e. The average molecular weight is 757 g/mol. The van der Waals surface area contributed by atoms with Gasteiger partial charge in [-0.1, -0.05) is 102 Å². The minimum atomic E-state index is -4.76. The zero-order chi connectivity index (χ0) is 35.0. The summed E-state index contributed by atoms with van der Waals surface area (Å²) in [5, 5.41) is 3.14. The van der Waals surface area contributed by atoms with Crippen molar-refractivity contribution in [2.24, 2.45) is 0 Å². The number of nitrogens with zero attached hydrogens (tertiary/aromatic N) is 2. The first-order chi connectivity index (χ1) is 23.4. The van der Waals surface area contributed by atoms with Crippen LogP contribution in [-0.4, -0.2) is 43.8 Å². The summed E-state index contributed by atoms with van der Waals surface area (Å²) in [5.74, 6) is -1.13. The van der Waals surface area contributed by atoms with Gasteiger partial charge in [0, 0.05) is 23.5 Å². The third-order valence-corrected chi connectivity index (χ3v) is 10.9. The van der Waals surface area contributed by atoms with Gasteiger partial charge in [-0.3, -0.25) is 13.9 Å². The molecule has 1 N–H and O–H groups in total. The van der Waals surface area contributed by atoms with Gasteiger partial charge in [-0.2, -0.15) is 13.2 Å². The van der Waals surface area contributed by atoms with Crippen LogP contribution >= 0.6 is 15.9 Å². The zero-order valence-corrected chi connectivity index (χ0v) is 29.1. The Balaban J connectivity index is 1.58. The number of halogens is 4. The molecule has 0 aromatic heterocycles. The Morgan fingerprint density at radius 3 is 2.08 bits per heavy atom. The molecule has 5 rings (SSSR count). The van der Waals surface area contributed by atoms with Crippen molar-refractivity contribution >= 4 is 43.5 Å². The van der Waals surface area contributed by atoms with Gasteiger partial charge in [0.2, 0.25) is 11.8 Å². The fourth-order valence-electron chi connectivity index (χ4n) is 5.97. The first-order valence-electron chi connectivity index (χ1n) is 16.0. The first-order valence-corrected chi connectivity index (χ1v) is 18.3. The summed E-state index contributed by atoms with van der Waals surface area (Å²) in [7, 11) is -4.54. The van der Waals surface area contributed by atoms with Crippen LogP contribution in [0.2, 0.25) is 0 Å². The average Bonchev–Trinajstić information content (AvgIpc) is 3.10. The van der Waals surface area contributed by atoms with Crippen LogP contribution in [0.15, 0.2) is 119 Å². The summed E-state index contributed by atoms with van der Waals surface area (Å²) in [6, 6.07) is 26.3. The van der Waals surface area contributed by atoms with Crippen LogP contribution in [0.3, 0.4) is 0 Å². The molecule has 12 heteroatoms. The SMILES string of the molecule is O=C(NC1CCCCC1)[C@H](Cc1ccccc1)N(Cc1ccc(Br)cc1)C(=O)CN(c1cccc(C(F)(F)F)c1)S(=O)(=O)c1ccccc1. The van der Waals surface area contributed by atoms with E-state index in [1.54, 1.807) is 30.3 Å². The van der Waals surface area contributed by atoms with Crippen LogP contribution in [0.4, 0.5) is 18.9 Å². The van der Waals surface area contributed by atoms with E-state index in [0.29, 0.717) is 15.9 Å². The molecule has 4 aromatic carbocycles. The Labute approximate surface area is 293 Å². The second-order valence-corrected chi connectivity index (χ2v) is 14.8. The van der Waals surface area contributed by atoms with Crippen molar-refractivity contribution in [3.8, 4) is 0 Å². The molecule has 1 aliphatic carbocycles. The Hall–Kier alpha value is -4.16. The van der Waals surface area contributed by atoms with Crippen LogP contribution in [-0.2, 0) is 38.8 Å². The minimum Gasteiger partial charge on any atom is -0.352 e. The Morgan fingerprint density at radius 1 is 0.816 bits per heavy atom. The predicted octanol–water partition coefficient (Wildman–Crippen LogP) is 7.75. The van der Waals surface area contributed by atoms with Gasteiger partial charge in [0.25, 0.3) is 10.0 Å². The number of alkyl halides is 3. The summed E-state index contributed by atoms with van der Waals surface area (Å²) in [4.78, 5) is 29.9. The molecule has 1 fully saturated rings. The molecule has 0 aliphatic heterocycles. The Morgan fingerprint density at radius 2 is 1.45 bits per heavy atom. The summed E-state index contributed by atoms with van der Waals surface area (Å²) in [6.07, 6.45) is 0.0180. The zero-order valence-electron chi connectivity index (χ0n) is 26.7. The second-order valence-electron chi connectivity index (χ2n) is 12.1. The van der Waals surface area contributed by atoms with E-state index in [1.165, 1.54) is 35.2 Å². The van der Waals surface area contributed by atoms with Crippen LogP contribution in [0.1, 0.15) is 48.8 Å². The first kappa shape index (κ1) is 36.1. The number of hydrogen-bond acceptors (Lipinski definition) is 4. The van der Waals surface area contributed by atoms with Gasteiger partial charge in [-0.15, -0.1) is 0 Å². The van der Waals surface area contributed by atoms with Gasteiger partial charge in [0.05, 0.1) is 16.1 Å². The third kappa shape index (κ3) is 9.51. The number of carbonyl (C=O) groups excluding carboxylic acids is 2. The van der Waals surface area contributed by atoms with Crippen molar-refractivity contribution in [3.05, 3.63) is 130 Å². The van der Waals surface area contributed by atoms with Crippen LogP contribution in [0.5, 0.6) is 0 Å². The minimum absolute atomic E-state index is 0.0521. The summed E-state index contributed by atoms with van der Waals surface area (Å²) in [6.45, 7) is -0.902. The fraction of sp³-hybridized carbons (Fsp3) is 0.297. The summed E-state index contributed by atoms with van der Waals surface area (Å²) in [5.41, 5.74) is 0.0660. The lowest BCUT2D eigenvalue weighted by molar-refractivity contribution is -0.140. The lowest BCUT2D eigenvalue weighted by Crippen LogP contribution is -2.55. The monoisotopic (exact) mass is 755 g/mol. The quantitative estimate of drug-likeness (QED) is 0.160. The number of carbonyl (C=O) groups is 2.